The fourth-order valence-corrected chi connectivity index (χ4v) is 2.57. The van der Waals surface area contributed by atoms with Gasteiger partial charge in [-0.05, 0) is 25.1 Å². The Labute approximate surface area is 146 Å². The fraction of sp³-hybridized carbons (Fsp3) is 0.429. The highest BCUT2D eigenvalue weighted by atomic mass is 35.5. The van der Waals surface area contributed by atoms with Crippen LogP contribution in [0.4, 0.5) is 18.3 Å². The van der Waals surface area contributed by atoms with Crippen LogP contribution in [0, 0.1) is 5.92 Å². The van der Waals surface area contributed by atoms with E-state index in [1.54, 1.807) is 19.9 Å². The van der Waals surface area contributed by atoms with Crippen LogP contribution < -0.4 is 15.8 Å². The average molecular weight is 384 g/mol. The monoisotopic (exact) mass is 383 g/mol. The molecule has 2 unspecified atom stereocenters. The van der Waals surface area contributed by atoms with E-state index in [1.807, 2.05) is 0 Å². The molecular formula is C14H17ClF3N3O2S. The molecule has 1 amide bonds. The lowest BCUT2D eigenvalue weighted by Gasteiger charge is -2.13. The molecule has 10 heteroatoms. The highest BCUT2D eigenvalue weighted by Gasteiger charge is 2.28. The topological polar surface area (TPSA) is 77.2 Å². The second-order valence-electron chi connectivity index (χ2n) is 5.19. The number of benzene rings is 1. The SMILES string of the molecule is CC(N)C(C)C(=O)Nc1nc2ccc(OCC(F)(F)F)cc2s1.Cl. The molecule has 0 spiro atoms. The quantitative estimate of drug-likeness (QED) is 0.827. The van der Waals surface area contributed by atoms with Gasteiger partial charge in [-0.15, -0.1) is 12.4 Å². The summed E-state index contributed by atoms with van der Waals surface area (Å²) in [5, 5.41) is 3.02. The van der Waals surface area contributed by atoms with Gasteiger partial charge in [0.25, 0.3) is 0 Å². The van der Waals surface area contributed by atoms with Crippen molar-refractivity contribution < 1.29 is 22.7 Å². The van der Waals surface area contributed by atoms with Crippen molar-refractivity contribution in [2.75, 3.05) is 11.9 Å². The first-order chi connectivity index (χ1) is 10.7. The standard InChI is InChI=1S/C14H16F3N3O2S.ClH/c1-7(8(2)18)12(21)20-13-19-10-4-3-9(5-11(10)23-13)22-6-14(15,16)17;/h3-5,7-8H,6,18H2,1-2H3,(H,19,20,21);1H. The van der Waals surface area contributed by atoms with Crippen LogP contribution in [0.2, 0.25) is 0 Å². The molecule has 0 bridgehead atoms. The molecule has 0 aliphatic rings. The molecule has 24 heavy (non-hydrogen) atoms. The van der Waals surface area contributed by atoms with Gasteiger partial charge in [0.05, 0.1) is 16.1 Å². The van der Waals surface area contributed by atoms with Crippen molar-refractivity contribution in [1.29, 1.82) is 0 Å². The van der Waals surface area contributed by atoms with Crippen molar-refractivity contribution in [3.8, 4) is 5.75 Å². The van der Waals surface area contributed by atoms with E-state index >= 15 is 0 Å². The first-order valence-corrected chi connectivity index (χ1v) is 7.64. The van der Waals surface area contributed by atoms with Crippen LogP contribution in [-0.4, -0.2) is 29.7 Å². The lowest BCUT2D eigenvalue weighted by molar-refractivity contribution is -0.153. The molecule has 0 saturated carbocycles. The molecule has 0 aliphatic carbocycles. The van der Waals surface area contributed by atoms with Gasteiger partial charge in [0.15, 0.2) is 11.7 Å². The number of halogens is 4. The largest absolute Gasteiger partial charge is 0.484 e. The summed E-state index contributed by atoms with van der Waals surface area (Å²) < 4.78 is 41.8. The number of anilines is 1. The molecule has 1 aromatic carbocycles. The lowest BCUT2D eigenvalue weighted by Crippen LogP contribution is -2.34. The van der Waals surface area contributed by atoms with Crippen LogP contribution in [0.1, 0.15) is 13.8 Å². The molecule has 0 aliphatic heterocycles. The van der Waals surface area contributed by atoms with E-state index in [-0.39, 0.29) is 36.0 Å². The zero-order valence-corrected chi connectivity index (χ0v) is 14.5. The Morgan fingerprint density at radius 1 is 1.42 bits per heavy atom. The van der Waals surface area contributed by atoms with E-state index in [2.05, 4.69) is 15.0 Å². The van der Waals surface area contributed by atoms with Crippen LogP contribution in [0.3, 0.4) is 0 Å². The number of aromatic nitrogens is 1. The second kappa shape index (κ2) is 8.00. The Morgan fingerprint density at radius 2 is 2.08 bits per heavy atom. The van der Waals surface area contributed by atoms with E-state index in [1.165, 1.54) is 12.1 Å². The van der Waals surface area contributed by atoms with Crippen molar-refractivity contribution in [2.24, 2.45) is 11.7 Å². The molecule has 5 nitrogen and oxygen atoms in total. The van der Waals surface area contributed by atoms with Crippen LogP contribution >= 0.6 is 23.7 Å². The van der Waals surface area contributed by atoms with Gasteiger partial charge in [-0.3, -0.25) is 4.79 Å². The van der Waals surface area contributed by atoms with Crippen molar-refractivity contribution >= 4 is 45.0 Å². The van der Waals surface area contributed by atoms with Gasteiger partial charge >= 0.3 is 6.18 Å². The number of amides is 1. The maximum absolute atomic E-state index is 12.2. The molecule has 1 aromatic heterocycles. The summed E-state index contributed by atoms with van der Waals surface area (Å²) in [4.78, 5) is 16.1. The second-order valence-corrected chi connectivity index (χ2v) is 6.22. The summed E-state index contributed by atoms with van der Waals surface area (Å²) in [5.74, 6) is -0.541. The van der Waals surface area contributed by atoms with Gasteiger partial charge in [-0.1, -0.05) is 18.3 Å². The summed E-state index contributed by atoms with van der Waals surface area (Å²) in [6, 6.07) is 4.11. The van der Waals surface area contributed by atoms with Gasteiger partial charge in [-0.25, -0.2) is 4.98 Å². The number of alkyl halides is 3. The molecule has 2 atom stereocenters. The zero-order chi connectivity index (χ0) is 17.2. The van der Waals surface area contributed by atoms with Crippen molar-refractivity contribution in [1.82, 2.24) is 4.98 Å². The molecule has 0 radical (unpaired) electrons. The first kappa shape index (κ1) is 20.5. The van der Waals surface area contributed by atoms with Gasteiger partial charge in [0.2, 0.25) is 5.91 Å². The highest BCUT2D eigenvalue weighted by Crippen LogP contribution is 2.30. The fourth-order valence-electron chi connectivity index (χ4n) is 1.67. The van der Waals surface area contributed by atoms with E-state index in [0.717, 1.165) is 11.3 Å². The van der Waals surface area contributed by atoms with Crippen molar-refractivity contribution in [3.05, 3.63) is 18.2 Å². The van der Waals surface area contributed by atoms with E-state index < -0.39 is 12.8 Å². The first-order valence-electron chi connectivity index (χ1n) is 6.82. The van der Waals surface area contributed by atoms with E-state index in [0.29, 0.717) is 15.3 Å². The number of carbonyl (C=O) groups excluding carboxylic acids is 1. The molecule has 1 heterocycles. The summed E-state index contributed by atoms with van der Waals surface area (Å²) in [6.45, 7) is 2.08. The number of nitrogens with two attached hydrogens (primary N) is 1. The number of nitrogens with one attached hydrogen (secondary N) is 1. The molecule has 0 saturated heterocycles. The maximum Gasteiger partial charge on any atom is 0.422 e. The number of thiazole rings is 1. The number of hydrogen-bond donors (Lipinski definition) is 2. The van der Waals surface area contributed by atoms with Crippen LogP contribution in [0.5, 0.6) is 5.75 Å². The van der Waals surface area contributed by atoms with Crippen LogP contribution in [0.25, 0.3) is 10.2 Å². The van der Waals surface area contributed by atoms with Crippen molar-refractivity contribution in [3.63, 3.8) is 0 Å². The van der Waals surface area contributed by atoms with Crippen LogP contribution in [0.15, 0.2) is 18.2 Å². The minimum absolute atomic E-state index is 0. The third kappa shape index (κ3) is 5.50. The molecule has 2 aromatic rings. The van der Waals surface area contributed by atoms with Gasteiger partial charge < -0.3 is 15.8 Å². The summed E-state index contributed by atoms with van der Waals surface area (Å²) >= 11 is 1.16. The number of rotatable bonds is 5. The number of fused-ring (bicyclic) bond motifs is 1. The predicted octanol–water partition coefficient (Wildman–Crippen LogP) is 3.58. The normalized spacial score (nSPS) is 13.9. The molecule has 2 rings (SSSR count). The molecule has 134 valence electrons. The summed E-state index contributed by atoms with van der Waals surface area (Å²) in [5.41, 5.74) is 6.24. The Balaban J connectivity index is 0.00000288. The summed E-state index contributed by atoms with van der Waals surface area (Å²) in [7, 11) is 0. The smallest absolute Gasteiger partial charge is 0.422 e. The average Bonchev–Trinajstić information content (AvgIpc) is 2.84. The molecule has 3 N–H and O–H groups in total. The number of carbonyl (C=O) groups is 1. The Hall–Kier alpha value is -1.58. The lowest BCUT2D eigenvalue weighted by atomic mass is 10.0. The maximum atomic E-state index is 12.2. The number of hydrogen-bond acceptors (Lipinski definition) is 5. The Morgan fingerprint density at radius 3 is 2.67 bits per heavy atom. The van der Waals surface area contributed by atoms with Gasteiger partial charge in [-0.2, -0.15) is 13.2 Å². The van der Waals surface area contributed by atoms with Crippen molar-refractivity contribution in [2.45, 2.75) is 26.1 Å². The number of ether oxygens (including phenoxy) is 1. The van der Waals surface area contributed by atoms with Gasteiger partial charge in [0.1, 0.15) is 5.75 Å². The van der Waals surface area contributed by atoms with E-state index in [9.17, 15) is 18.0 Å². The predicted molar refractivity (Wildman–Crippen MR) is 89.9 cm³/mol. The Bertz CT molecular complexity index is 706. The number of nitrogens with zero attached hydrogens (tertiary/aromatic N) is 1. The van der Waals surface area contributed by atoms with Gasteiger partial charge in [0, 0.05) is 6.04 Å². The van der Waals surface area contributed by atoms with E-state index in [4.69, 9.17) is 5.73 Å². The third-order valence-electron chi connectivity index (χ3n) is 3.19. The summed E-state index contributed by atoms with van der Waals surface area (Å²) in [6.07, 6.45) is -4.39. The third-order valence-corrected chi connectivity index (χ3v) is 4.13. The van der Waals surface area contributed by atoms with Crippen LogP contribution in [-0.2, 0) is 4.79 Å². The Kier molecular flexibility index (Phi) is 6.82. The molecular weight excluding hydrogens is 367 g/mol. The minimum Gasteiger partial charge on any atom is -0.484 e. The zero-order valence-electron chi connectivity index (χ0n) is 12.9. The minimum atomic E-state index is -4.39. The molecule has 0 fully saturated rings. The highest BCUT2D eigenvalue weighted by molar-refractivity contribution is 7.22.